The third-order valence-electron chi connectivity index (χ3n) is 5.27. The minimum atomic E-state index is -0.510. The molecule has 1 N–H and O–H groups in total. The number of nitrogens with one attached hydrogen (secondary N) is 1. The van der Waals surface area contributed by atoms with E-state index >= 15 is 0 Å². The van der Waals surface area contributed by atoms with Gasteiger partial charge in [-0.25, -0.2) is 0 Å². The molecule has 0 unspecified atom stereocenters. The van der Waals surface area contributed by atoms with E-state index in [4.69, 9.17) is 9.26 Å². The van der Waals surface area contributed by atoms with E-state index < -0.39 is 5.54 Å². The lowest BCUT2D eigenvalue weighted by Gasteiger charge is -2.37. The molecule has 1 amide bonds. The Kier molecular flexibility index (Phi) is 4.19. The molecule has 2 heterocycles. The maximum absolute atomic E-state index is 13.0. The first-order valence-electron chi connectivity index (χ1n) is 9.00. The van der Waals surface area contributed by atoms with Crippen LogP contribution >= 0.6 is 0 Å². The van der Waals surface area contributed by atoms with Crippen LogP contribution in [0, 0.1) is 12.8 Å². The van der Waals surface area contributed by atoms with E-state index in [0.29, 0.717) is 24.7 Å². The predicted octanol–water partition coefficient (Wildman–Crippen LogP) is 2.90. The van der Waals surface area contributed by atoms with Gasteiger partial charge in [-0.15, -0.1) is 0 Å². The number of fused-ring (bicyclic) bond motifs is 1. The molecular formula is C19H23N3O3. The van der Waals surface area contributed by atoms with E-state index in [1.54, 1.807) is 6.92 Å². The average Bonchev–Trinajstić information content (AvgIpc) is 3.09. The number of carbonyl (C=O) groups excluding carboxylic acids is 1. The molecule has 2 aliphatic rings. The number of hydrogen-bond acceptors (Lipinski definition) is 5. The van der Waals surface area contributed by atoms with Crippen LogP contribution in [0.5, 0.6) is 5.75 Å². The lowest BCUT2D eigenvalue weighted by Crippen LogP contribution is -2.51. The molecule has 2 aromatic rings. The van der Waals surface area contributed by atoms with Crippen molar-refractivity contribution in [3.63, 3.8) is 0 Å². The van der Waals surface area contributed by atoms with Crippen LogP contribution < -0.4 is 10.1 Å². The Morgan fingerprint density at radius 2 is 2.04 bits per heavy atom. The van der Waals surface area contributed by atoms with Crippen molar-refractivity contribution in [3.8, 4) is 5.75 Å². The number of aryl methyl sites for hydroxylation is 1. The van der Waals surface area contributed by atoms with E-state index in [-0.39, 0.29) is 11.8 Å². The Morgan fingerprint density at radius 1 is 1.24 bits per heavy atom. The first kappa shape index (κ1) is 16.1. The Labute approximate surface area is 147 Å². The molecule has 132 valence electrons. The van der Waals surface area contributed by atoms with Crippen molar-refractivity contribution in [1.29, 1.82) is 0 Å². The first-order valence-corrected chi connectivity index (χ1v) is 9.00. The van der Waals surface area contributed by atoms with E-state index in [1.807, 2.05) is 24.3 Å². The third-order valence-corrected chi connectivity index (χ3v) is 5.27. The Morgan fingerprint density at radius 3 is 2.80 bits per heavy atom. The lowest BCUT2D eigenvalue weighted by atomic mass is 9.80. The third kappa shape index (κ3) is 3.13. The zero-order valence-electron chi connectivity index (χ0n) is 14.5. The Hall–Kier alpha value is -2.37. The Bertz CT molecular complexity index is 765. The van der Waals surface area contributed by atoms with Crippen molar-refractivity contribution >= 4 is 5.91 Å². The Balaban J connectivity index is 1.53. The summed E-state index contributed by atoms with van der Waals surface area (Å²) in [5.41, 5.74) is 0.575. The SMILES string of the molecule is Cc1nc(C2(NC(=O)[C@@H]3COc4ccccc4C3)CCCCC2)no1. The van der Waals surface area contributed by atoms with Gasteiger partial charge in [0.2, 0.25) is 11.8 Å². The quantitative estimate of drug-likeness (QED) is 0.929. The maximum Gasteiger partial charge on any atom is 0.227 e. The molecule has 6 heteroatoms. The molecule has 1 fully saturated rings. The predicted molar refractivity (Wildman–Crippen MR) is 91.1 cm³/mol. The van der Waals surface area contributed by atoms with Crippen molar-refractivity contribution in [2.45, 2.75) is 51.0 Å². The molecule has 1 aromatic heterocycles. The van der Waals surface area contributed by atoms with Crippen molar-refractivity contribution in [2.24, 2.45) is 5.92 Å². The zero-order valence-corrected chi connectivity index (χ0v) is 14.5. The number of para-hydroxylation sites is 1. The minimum Gasteiger partial charge on any atom is -0.492 e. The smallest absolute Gasteiger partial charge is 0.227 e. The average molecular weight is 341 g/mol. The van der Waals surface area contributed by atoms with Gasteiger partial charge in [0.25, 0.3) is 0 Å². The summed E-state index contributed by atoms with van der Waals surface area (Å²) in [6.45, 7) is 2.19. The minimum absolute atomic E-state index is 0.0128. The van der Waals surface area contributed by atoms with Gasteiger partial charge in [-0.2, -0.15) is 4.98 Å². The van der Waals surface area contributed by atoms with Crippen LogP contribution in [0.3, 0.4) is 0 Å². The van der Waals surface area contributed by atoms with Gasteiger partial charge in [-0.05, 0) is 30.9 Å². The van der Waals surface area contributed by atoms with Crippen LogP contribution in [0.4, 0.5) is 0 Å². The number of carbonyl (C=O) groups is 1. The van der Waals surface area contributed by atoms with Crippen LogP contribution in [0.1, 0.15) is 49.4 Å². The fourth-order valence-corrected chi connectivity index (χ4v) is 3.89. The molecule has 1 aliphatic carbocycles. The zero-order chi connectivity index (χ0) is 17.3. The second-order valence-electron chi connectivity index (χ2n) is 7.09. The highest BCUT2D eigenvalue weighted by atomic mass is 16.5. The summed E-state index contributed by atoms with van der Waals surface area (Å²) in [6, 6.07) is 7.91. The lowest BCUT2D eigenvalue weighted by molar-refractivity contribution is -0.129. The van der Waals surface area contributed by atoms with E-state index in [2.05, 4.69) is 15.5 Å². The van der Waals surface area contributed by atoms with Gasteiger partial charge in [0, 0.05) is 6.92 Å². The van der Waals surface area contributed by atoms with E-state index in [9.17, 15) is 4.79 Å². The number of ether oxygens (including phenoxy) is 1. The summed E-state index contributed by atoms with van der Waals surface area (Å²) < 4.78 is 11.0. The molecular weight excluding hydrogens is 318 g/mol. The summed E-state index contributed by atoms with van der Waals surface area (Å²) in [7, 11) is 0. The monoisotopic (exact) mass is 341 g/mol. The highest BCUT2D eigenvalue weighted by molar-refractivity contribution is 5.80. The normalized spacial score (nSPS) is 21.9. The summed E-state index contributed by atoms with van der Waals surface area (Å²) in [5.74, 6) is 1.84. The van der Waals surface area contributed by atoms with Crippen LogP contribution in [0.25, 0.3) is 0 Å². The number of amides is 1. The fraction of sp³-hybridized carbons (Fsp3) is 0.526. The second-order valence-corrected chi connectivity index (χ2v) is 7.09. The molecule has 4 rings (SSSR count). The van der Waals surface area contributed by atoms with Crippen LogP contribution in [0.15, 0.2) is 28.8 Å². The van der Waals surface area contributed by atoms with E-state index in [1.165, 1.54) is 6.42 Å². The summed E-state index contributed by atoms with van der Waals surface area (Å²) in [4.78, 5) is 17.4. The van der Waals surface area contributed by atoms with Crippen LogP contribution in [-0.4, -0.2) is 22.7 Å². The molecule has 0 radical (unpaired) electrons. The van der Waals surface area contributed by atoms with Gasteiger partial charge in [0.05, 0.1) is 5.92 Å². The number of benzene rings is 1. The fourth-order valence-electron chi connectivity index (χ4n) is 3.89. The molecule has 1 saturated carbocycles. The van der Waals surface area contributed by atoms with Crippen molar-refractivity contribution in [3.05, 3.63) is 41.5 Å². The van der Waals surface area contributed by atoms with Crippen LogP contribution in [0.2, 0.25) is 0 Å². The highest BCUT2D eigenvalue weighted by Gasteiger charge is 2.41. The first-order chi connectivity index (χ1) is 12.2. The van der Waals surface area contributed by atoms with Crippen molar-refractivity contribution in [2.75, 3.05) is 6.61 Å². The summed E-state index contributed by atoms with van der Waals surface area (Å²) >= 11 is 0. The molecule has 1 atom stereocenters. The number of aromatic nitrogens is 2. The van der Waals surface area contributed by atoms with Crippen molar-refractivity contribution in [1.82, 2.24) is 15.5 Å². The molecule has 1 aromatic carbocycles. The van der Waals surface area contributed by atoms with Gasteiger partial charge in [0.1, 0.15) is 17.9 Å². The number of hydrogen-bond donors (Lipinski definition) is 1. The summed E-state index contributed by atoms with van der Waals surface area (Å²) in [6.07, 6.45) is 5.68. The molecule has 1 aliphatic heterocycles. The standard InChI is InChI=1S/C19H23N3O3/c1-13-20-18(22-25-13)19(9-5-2-6-10-19)21-17(23)15-11-14-7-3-4-8-16(14)24-12-15/h3-4,7-8,15H,2,5-6,9-12H2,1H3,(H,21,23)/t15-/m0/s1. The van der Waals surface area contributed by atoms with Gasteiger partial charge in [-0.1, -0.05) is 42.6 Å². The number of nitrogens with zero attached hydrogens (tertiary/aromatic N) is 2. The molecule has 0 saturated heterocycles. The summed E-state index contributed by atoms with van der Waals surface area (Å²) in [5, 5.41) is 7.37. The van der Waals surface area contributed by atoms with Crippen molar-refractivity contribution < 1.29 is 14.1 Å². The van der Waals surface area contributed by atoms with Crippen LogP contribution in [-0.2, 0) is 16.8 Å². The molecule has 6 nitrogen and oxygen atoms in total. The van der Waals surface area contributed by atoms with Gasteiger partial charge >= 0.3 is 0 Å². The van der Waals surface area contributed by atoms with E-state index in [0.717, 1.165) is 37.0 Å². The topological polar surface area (TPSA) is 77.2 Å². The second kappa shape index (κ2) is 6.50. The maximum atomic E-state index is 13.0. The van der Waals surface area contributed by atoms with Gasteiger partial charge in [0.15, 0.2) is 5.82 Å². The van der Waals surface area contributed by atoms with Gasteiger partial charge in [-0.3, -0.25) is 4.79 Å². The number of rotatable bonds is 3. The largest absolute Gasteiger partial charge is 0.492 e. The highest BCUT2D eigenvalue weighted by Crippen LogP contribution is 2.36. The van der Waals surface area contributed by atoms with Gasteiger partial charge < -0.3 is 14.6 Å². The molecule has 0 spiro atoms. The molecule has 0 bridgehead atoms. The molecule has 25 heavy (non-hydrogen) atoms.